The van der Waals surface area contributed by atoms with E-state index in [1.807, 2.05) is 0 Å². The van der Waals surface area contributed by atoms with Gasteiger partial charge in [0.1, 0.15) is 18.1 Å². The molecule has 2 aromatic carbocycles. The van der Waals surface area contributed by atoms with Gasteiger partial charge >= 0.3 is 18.2 Å². The molecule has 0 unspecified atom stereocenters. The van der Waals surface area contributed by atoms with E-state index in [0.717, 1.165) is 12.1 Å². The predicted octanol–water partition coefficient (Wildman–Crippen LogP) is 4.57. The third-order valence-electron chi connectivity index (χ3n) is 5.45. The zero-order chi connectivity index (χ0) is 25.2. The van der Waals surface area contributed by atoms with Crippen molar-refractivity contribution in [1.29, 1.82) is 0 Å². The van der Waals surface area contributed by atoms with Crippen molar-refractivity contribution in [2.45, 2.75) is 19.1 Å². The molecular weight excluding hydrogens is 467 g/mol. The number of amides is 1. The number of aromatic nitrogens is 2. The van der Waals surface area contributed by atoms with Crippen molar-refractivity contribution in [2.24, 2.45) is 7.05 Å². The summed E-state index contributed by atoms with van der Waals surface area (Å²) in [5.41, 5.74) is 1.23. The van der Waals surface area contributed by atoms with Crippen molar-refractivity contribution in [1.82, 2.24) is 14.7 Å². The first-order valence-electron chi connectivity index (χ1n) is 10.6. The van der Waals surface area contributed by atoms with Gasteiger partial charge in [0.05, 0.1) is 38.4 Å². The lowest BCUT2D eigenvalue weighted by atomic mass is 10.0. The number of benzene rings is 2. The van der Waals surface area contributed by atoms with Crippen molar-refractivity contribution < 1.29 is 37.0 Å². The van der Waals surface area contributed by atoms with E-state index in [1.54, 1.807) is 42.3 Å². The largest absolute Gasteiger partial charge is 0.469 e. The second kappa shape index (κ2) is 9.69. The average Bonchev–Trinajstić information content (AvgIpc) is 3.42. The molecular formula is C24H22F3N3O5. The van der Waals surface area contributed by atoms with Gasteiger partial charge in [0.25, 0.3) is 0 Å². The number of aryl methyl sites for hydroxylation is 1. The van der Waals surface area contributed by atoms with Crippen LogP contribution in [-0.2, 0) is 40.5 Å². The predicted molar refractivity (Wildman–Crippen MR) is 118 cm³/mol. The molecule has 0 atom stereocenters. The van der Waals surface area contributed by atoms with Crippen LogP contribution in [0.15, 0.2) is 48.8 Å². The molecule has 0 spiro atoms. The number of hydrogen-bond acceptors (Lipinski definition) is 6. The zero-order valence-corrected chi connectivity index (χ0v) is 19.0. The lowest BCUT2D eigenvalue weighted by Gasteiger charge is -2.19. The molecule has 4 rings (SSSR count). The molecule has 0 bridgehead atoms. The molecule has 1 fully saturated rings. The SMILES string of the molecule is COC(=O)Cc1ccc(-c2cnn(C)c2)c(Oc2ccc(C(F)(F)F)cc2CN2CCOC2=O)c1. The third kappa shape index (κ3) is 5.56. The molecule has 0 N–H and O–H groups in total. The lowest BCUT2D eigenvalue weighted by molar-refractivity contribution is -0.140. The van der Waals surface area contributed by atoms with Crippen molar-refractivity contribution >= 4 is 12.1 Å². The summed E-state index contributed by atoms with van der Waals surface area (Å²) in [5.74, 6) is -0.00434. The van der Waals surface area contributed by atoms with E-state index in [2.05, 4.69) is 5.10 Å². The van der Waals surface area contributed by atoms with Crippen LogP contribution >= 0.6 is 0 Å². The number of carbonyl (C=O) groups is 2. The van der Waals surface area contributed by atoms with Crippen LogP contribution in [0.4, 0.5) is 18.0 Å². The van der Waals surface area contributed by atoms with Crippen molar-refractivity contribution in [3.05, 3.63) is 65.5 Å². The molecule has 1 amide bonds. The first kappa shape index (κ1) is 24.1. The van der Waals surface area contributed by atoms with Crippen LogP contribution in [-0.4, -0.2) is 47.0 Å². The summed E-state index contributed by atoms with van der Waals surface area (Å²) in [4.78, 5) is 25.0. The molecule has 1 saturated heterocycles. The first-order valence-corrected chi connectivity index (χ1v) is 10.6. The molecule has 8 nitrogen and oxygen atoms in total. The van der Waals surface area contributed by atoms with Crippen LogP contribution in [0, 0.1) is 0 Å². The summed E-state index contributed by atoms with van der Waals surface area (Å²) >= 11 is 0. The molecule has 3 aromatic rings. The van der Waals surface area contributed by atoms with Gasteiger partial charge in [0.2, 0.25) is 0 Å². The van der Waals surface area contributed by atoms with Crippen LogP contribution < -0.4 is 4.74 Å². The molecule has 1 aliphatic rings. The maximum atomic E-state index is 13.4. The molecule has 1 aliphatic heterocycles. The standard InChI is InChI=1S/C24H22F3N3O5/c1-29-13-17(12-28-29)19-5-3-15(10-22(31)33-2)9-21(19)35-20-6-4-18(24(25,26)27)11-16(20)14-30-7-8-34-23(30)32/h3-6,9,11-13H,7-8,10,14H2,1-2H3. The van der Waals surface area contributed by atoms with Gasteiger partial charge in [-0.25, -0.2) is 4.79 Å². The number of esters is 1. The molecule has 1 aromatic heterocycles. The van der Waals surface area contributed by atoms with E-state index in [0.29, 0.717) is 22.4 Å². The smallest absolute Gasteiger partial charge is 0.416 e. The Morgan fingerprint density at radius 1 is 1.17 bits per heavy atom. The van der Waals surface area contributed by atoms with Crippen LogP contribution in [0.3, 0.4) is 0 Å². The number of hydrogen-bond donors (Lipinski definition) is 0. The summed E-state index contributed by atoms with van der Waals surface area (Å²) in [6.45, 7) is 0.293. The number of nitrogens with zero attached hydrogens (tertiary/aromatic N) is 3. The fourth-order valence-corrected chi connectivity index (χ4v) is 3.67. The highest BCUT2D eigenvalue weighted by Gasteiger charge is 2.32. The zero-order valence-electron chi connectivity index (χ0n) is 19.0. The summed E-state index contributed by atoms with van der Waals surface area (Å²) in [6.07, 6.45) is -1.81. The van der Waals surface area contributed by atoms with Gasteiger partial charge < -0.3 is 19.1 Å². The summed E-state index contributed by atoms with van der Waals surface area (Å²) in [5, 5.41) is 4.16. The van der Waals surface area contributed by atoms with Crippen LogP contribution in [0.5, 0.6) is 11.5 Å². The number of cyclic esters (lactones) is 1. The molecule has 2 heterocycles. The molecule has 0 aliphatic carbocycles. The minimum Gasteiger partial charge on any atom is -0.469 e. The first-order chi connectivity index (χ1) is 16.6. The van der Waals surface area contributed by atoms with Gasteiger partial charge in [0.15, 0.2) is 0 Å². The highest BCUT2D eigenvalue weighted by atomic mass is 19.4. The Hall–Kier alpha value is -4.02. The number of methoxy groups -OCH3 is 1. The van der Waals surface area contributed by atoms with Gasteiger partial charge in [-0.05, 0) is 29.8 Å². The van der Waals surface area contributed by atoms with Crippen molar-refractivity contribution in [3.8, 4) is 22.6 Å². The number of alkyl halides is 3. The monoisotopic (exact) mass is 489 g/mol. The molecule has 184 valence electrons. The fourth-order valence-electron chi connectivity index (χ4n) is 3.67. The Balaban J connectivity index is 1.76. The number of carbonyl (C=O) groups excluding carboxylic acids is 2. The maximum Gasteiger partial charge on any atom is 0.416 e. The number of rotatable bonds is 7. The van der Waals surface area contributed by atoms with Crippen LogP contribution in [0.2, 0.25) is 0 Å². The van der Waals surface area contributed by atoms with E-state index in [-0.39, 0.29) is 37.4 Å². The normalized spacial score (nSPS) is 13.6. The van der Waals surface area contributed by atoms with E-state index in [9.17, 15) is 22.8 Å². The van der Waals surface area contributed by atoms with Crippen LogP contribution in [0.25, 0.3) is 11.1 Å². The van der Waals surface area contributed by atoms with Crippen molar-refractivity contribution in [2.75, 3.05) is 20.3 Å². The Bertz CT molecular complexity index is 1260. The Morgan fingerprint density at radius 2 is 1.97 bits per heavy atom. The molecule has 35 heavy (non-hydrogen) atoms. The third-order valence-corrected chi connectivity index (χ3v) is 5.45. The molecule has 0 radical (unpaired) electrons. The highest BCUT2D eigenvalue weighted by Crippen LogP contribution is 2.38. The minimum absolute atomic E-state index is 0.0142. The van der Waals surface area contributed by atoms with Gasteiger partial charge in [-0.2, -0.15) is 18.3 Å². The Labute approximate surface area is 198 Å². The van der Waals surface area contributed by atoms with Gasteiger partial charge in [0, 0.05) is 29.9 Å². The summed E-state index contributed by atoms with van der Waals surface area (Å²) < 4.78 is 57.6. The average molecular weight is 489 g/mol. The summed E-state index contributed by atoms with van der Waals surface area (Å²) in [6, 6.07) is 8.21. The second-order valence-electron chi connectivity index (χ2n) is 7.94. The quantitative estimate of drug-likeness (QED) is 0.453. The van der Waals surface area contributed by atoms with Gasteiger partial charge in [-0.3, -0.25) is 9.48 Å². The van der Waals surface area contributed by atoms with Crippen molar-refractivity contribution in [3.63, 3.8) is 0 Å². The lowest BCUT2D eigenvalue weighted by Crippen LogP contribution is -2.24. The fraction of sp³-hybridized carbons (Fsp3) is 0.292. The van der Waals surface area contributed by atoms with Gasteiger partial charge in [-0.1, -0.05) is 12.1 Å². The van der Waals surface area contributed by atoms with E-state index in [4.69, 9.17) is 14.2 Å². The maximum absolute atomic E-state index is 13.4. The topological polar surface area (TPSA) is 82.9 Å². The number of ether oxygens (including phenoxy) is 3. The van der Waals surface area contributed by atoms with Crippen LogP contribution in [0.1, 0.15) is 16.7 Å². The van der Waals surface area contributed by atoms with E-state index < -0.39 is 23.8 Å². The Kier molecular flexibility index (Phi) is 6.68. The second-order valence-corrected chi connectivity index (χ2v) is 7.94. The summed E-state index contributed by atoms with van der Waals surface area (Å²) in [7, 11) is 3.03. The van der Waals surface area contributed by atoms with E-state index in [1.165, 1.54) is 18.1 Å². The Morgan fingerprint density at radius 3 is 2.60 bits per heavy atom. The van der Waals surface area contributed by atoms with Gasteiger partial charge in [-0.15, -0.1) is 0 Å². The minimum atomic E-state index is -4.57. The van der Waals surface area contributed by atoms with E-state index >= 15 is 0 Å². The molecule has 11 heteroatoms. The number of halogens is 3. The highest BCUT2D eigenvalue weighted by molar-refractivity contribution is 5.75. The molecule has 0 saturated carbocycles.